The molecule has 0 aliphatic carbocycles. The SMILES string of the molecule is Clc1ccc(Oc2nnns2)cc1Cl. The van der Waals surface area contributed by atoms with Gasteiger partial charge in [0.15, 0.2) is 0 Å². The maximum atomic E-state index is 5.79. The van der Waals surface area contributed by atoms with Crippen LogP contribution < -0.4 is 4.74 Å². The molecule has 72 valence electrons. The highest BCUT2D eigenvalue weighted by molar-refractivity contribution is 7.07. The summed E-state index contributed by atoms with van der Waals surface area (Å²) in [6.45, 7) is 0. The van der Waals surface area contributed by atoms with E-state index in [0.29, 0.717) is 21.0 Å². The standard InChI is InChI=1S/C7H3Cl2N3OS/c8-5-2-1-4(3-6(5)9)13-7-10-11-12-14-7/h1-3H. The summed E-state index contributed by atoms with van der Waals surface area (Å²) in [6.07, 6.45) is 0. The van der Waals surface area contributed by atoms with E-state index in [1.165, 1.54) is 0 Å². The molecule has 0 amide bonds. The molecule has 0 fully saturated rings. The predicted octanol–water partition coefficient (Wildman–Crippen LogP) is 3.03. The minimum atomic E-state index is 0.364. The van der Waals surface area contributed by atoms with E-state index in [0.717, 1.165) is 11.5 Å². The van der Waals surface area contributed by atoms with E-state index in [1.54, 1.807) is 18.2 Å². The Morgan fingerprint density at radius 1 is 1.21 bits per heavy atom. The lowest BCUT2D eigenvalue weighted by Crippen LogP contribution is -1.83. The Morgan fingerprint density at radius 3 is 2.71 bits per heavy atom. The lowest BCUT2D eigenvalue weighted by atomic mass is 10.3. The van der Waals surface area contributed by atoms with Crippen LogP contribution in [-0.2, 0) is 0 Å². The van der Waals surface area contributed by atoms with Gasteiger partial charge >= 0.3 is 5.19 Å². The Hall–Kier alpha value is -0.910. The number of ether oxygens (including phenoxy) is 1. The van der Waals surface area contributed by atoms with Gasteiger partial charge in [0.05, 0.1) is 10.0 Å². The number of halogens is 2. The zero-order valence-corrected chi connectivity index (χ0v) is 8.97. The molecule has 4 nitrogen and oxygen atoms in total. The molecule has 0 spiro atoms. The third-order valence-electron chi connectivity index (χ3n) is 1.38. The summed E-state index contributed by atoms with van der Waals surface area (Å²) in [4.78, 5) is 0. The van der Waals surface area contributed by atoms with Crippen molar-refractivity contribution in [1.29, 1.82) is 0 Å². The molecule has 0 unspecified atom stereocenters. The largest absolute Gasteiger partial charge is 0.429 e. The van der Waals surface area contributed by atoms with E-state index in [-0.39, 0.29) is 0 Å². The van der Waals surface area contributed by atoms with Gasteiger partial charge in [-0.25, -0.2) is 0 Å². The first-order valence-electron chi connectivity index (χ1n) is 3.53. The second kappa shape index (κ2) is 4.08. The van der Waals surface area contributed by atoms with Crippen molar-refractivity contribution in [2.45, 2.75) is 0 Å². The van der Waals surface area contributed by atoms with E-state index in [4.69, 9.17) is 27.9 Å². The van der Waals surface area contributed by atoms with Crippen LogP contribution >= 0.6 is 34.7 Å². The highest BCUT2D eigenvalue weighted by atomic mass is 35.5. The molecule has 0 N–H and O–H groups in total. The highest BCUT2D eigenvalue weighted by Gasteiger charge is 2.04. The Labute approximate surface area is 93.6 Å². The minimum Gasteiger partial charge on any atom is -0.429 e. The van der Waals surface area contributed by atoms with Crippen LogP contribution in [0.1, 0.15) is 0 Å². The summed E-state index contributed by atoms with van der Waals surface area (Å²) in [5, 5.41) is 8.29. The van der Waals surface area contributed by atoms with Gasteiger partial charge in [-0.2, -0.15) is 0 Å². The predicted molar refractivity (Wildman–Crippen MR) is 54.2 cm³/mol. The molecule has 1 aromatic heterocycles. The number of rotatable bonds is 2. The van der Waals surface area contributed by atoms with Crippen molar-refractivity contribution in [3.63, 3.8) is 0 Å². The summed E-state index contributed by atoms with van der Waals surface area (Å²) in [7, 11) is 0. The average molecular weight is 248 g/mol. The fraction of sp³-hybridized carbons (Fsp3) is 0. The molecule has 0 aliphatic heterocycles. The molecule has 2 aromatic rings. The van der Waals surface area contributed by atoms with Crippen LogP contribution in [-0.4, -0.2) is 14.8 Å². The highest BCUT2D eigenvalue weighted by Crippen LogP contribution is 2.29. The van der Waals surface area contributed by atoms with Gasteiger partial charge in [-0.3, -0.25) is 0 Å². The Bertz CT molecular complexity index is 435. The van der Waals surface area contributed by atoms with E-state index in [9.17, 15) is 0 Å². The monoisotopic (exact) mass is 247 g/mol. The topological polar surface area (TPSA) is 47.9 Å². The molecule has 14 heavy (non-hydrogen) atoms. The first-order chi connectivity index (χ1) is 6.75. The second-order valence-corrected chi connectivity index (χ2v) is 3.82. The van der Waals surface area contributed by atoms with Crippen LogP contribution in [0.4, 0.5) is 0 Å². The Morgan fingerprint density at radius 2 is 2.07 bits per heavy atom. The molecule has 0 saturated carbocycles. The molecular formula is C7H3Cl2N3OS. The van der Waals surface area contributed by atoms with E-state index < -0.39 is 0 Å². The van der Waals surface area contributed by atoms with E-state index in [1.807, 2.05) is 0 Å². The fourth-order valence-electron chi connectivity index (χ4n) is 0.806. The van der Waals surface area contributed by atoms with Crippen LogP contribution in [0.15, 0.2) is 18.2 Å². The normalized spacial score (nSPS) is 10.1. The maximum absolute atomic E-state index is 5.79. The van der Waals surface area contributed by atoms with Gasteiger partial charge in [0.2, 0.25) is 0 Å². The third-order valence-corrected chi connectivity index (χ3v) is 2.59. The maximum Gasteiger partial charge on any atom is 0.319 e. The van der Waals surface area contributed by atoms with Gasteiger partial charge in [0.1, 0.15) is 5.75 Å². The van der Waals surface area contributed by atoms with Crippen molar-refractivity contribution >= 4 is 34.7 Å². The van der Waals surface area contributed by atoms with Crippen LogP contribution in [0, 0.1) is 0 Å². The van der Waals surface area contributed by atoms with Crippen molar-refractivity contribution in [3.8, 4) is 10.9 Å². The van der Waals surface area contributed by atoms with Crippen molar-refractivity contribution in [1.82, 2.24) is 14.8 Å². The Kier molecular flexibility index (Phi) is 2.81. The van der Waals surface area contributed by atoms with Crippen molar-refractivity contribution < 1.29 is 4.74 Å². The van der Waals surface area contributed by atoms with Gasteiger partial charge < -0.3 is 4.74 Å². The number of hydrogen-bond donors (Lipinski definition) is 0. The molecule has 0 aliphatic rings. The lowest BCUT2D eigenvalue weighted by molar-refractivity contribution is 0.472. The van der Waals surface area contributed by atoms with Crippen LogP contribution in [0.5, 0.6) is 10.9 Å². The molecule has 0 bridgehead atoms. The van der Waals surface area contributed by atoms with Crippen LogP contribution in [0.2, 0.25) is 10.0 Å². The Balaban J connectivity index is 2.22. The second-order valence-electron chi connectivity index (χ2n) is 2.31. The summed E-state index contributed by atoms with van der Waals surface area (Å²) >= 11 is 12.6. The number of nitrogens with zero attached hydrogens (tertiary/aromatic N) is 3. The number of benzene rings is 1. The molecule has 2 rings (SSSR count). The fourth-order valence-corrected chi connectivity index (χ4v) is 1.44. The van der Waals surface area contributed by atoms with Gasteiger partial charge in [-0.15, -0.1) is 0 Å². The molecule has 0 atom stereocenters. The molecule has 1 heterocycles. The van der Waals surface area contributed by atoms with E-state index in [2.05, 4.69) is 14.8 Å². The summed E-state index contributed by atoms with van der Waals surface area (Å²) in [5.41, 5.74) is 0. The zero-order valence-electron chi connectivity index (χ0n) is 6.65. The van der Waals surface area contributed by atoms with Gasteiger partial charge in [-0.1, -0.05) is 32.8 Å². The summed E-state index contributed by atoms with van der Waals surface area (Å²) < 4.78 is 8.85. The summed E-state index contributed by atoms with van der Waals surface area (Å²) in [5.74, 6) is 0.554. The van der Waals surface area contributed by atoms with Crippen molar-refractivity contribution in [2.75, 3.05) is 0 Å². The quantitative estimate of drug-likeness (QED) is 0.819. The van der Waals surface area contributed by atoms with Crippen LogP contribution in [0.3, 0.4) is 0 Å². The van der Waals surface area contributed by atoms with Gasteiger partial charge in [-0.05, 0) is 17.3 Å². The molecule has 7 heteroatoms. The third kappa shape index (κ3) is 2.12. The summed E-state index contributed by atoms with van der Waals surface area (Å²) in [6, 6.07) is 4.94. The molecule has 0 radical (unpaired) electrons. The van der Waals surface area contributed by atoms with Gasteiger partial charge in [0.25, 0.3) is 0 Å². The number of aromatic nitrogens is 3. The molecule has 1 aromatic carbocycles. The van der Waals surface area contributed by atoms with Gasteiger partial charge in [0, 0.05) is 17.6 Å². The minimum absolute atomic E-state index is 0.364. The smallest absolute Gasteiger partial charge is 0.319 e. The molecular weight excluding hydrogens is 245 g/mol. The average Bonchev–Trinajstić information content (AvgIpc) is 2.64. The molecule has 0 saturated heterocycles. The van der Waals surface area contributed by atoms with Crippen molar-refractivity contribution in [2.24, 2.45) is 0 Å². The van der Waals surface area contributed by atoms with Crippen molar-refractivity contribution in [3.05, 3.63) is 28.2 Å². The first kappa shape index (κ1) is 9.64. The zero-order chi connectivity index (χ0) is 9.97. The van der Waals surface area contributed by atoms with E-state index >= 15 is 0 Å². The first-order valence-corrected chi connectivity index (χ1v) is 5.06. The lowest BCUT2D eigenvalue weighted by Gasteiger charge is -2.01. The number of hydrogen-bond acceptors (Lipinski definition) is 5. The van der Waals surface area contributed by atoms with Crippen LogP contribution in [0.25, 0.3) is 0 Å².